The van der Waals surface area contributed by atoms with E-state index in [4.69, 9.17) is 0 Å². The maximum Gasteiger partial charge on any atom is 0.305 e. The lowest BCUT2D eigenvalue weighted by atomic mass is 9.88. The summed E-state index contributed by atoms with van der Waals surface area (Å²) < 4.78 is 4.59. The van der Waals surface area contributed by atoms with E-state index in [2.05, 4.69) is 11.7 Å². The molecule has 3 atom stereocenters. The third-order valence-corrected chi connectivity index (χ3v) is 4.64. The minimum atomic E-state index is -0.706. The maximum absolute atomic E-state index is 12.1. The number of aliphatic hydroxyl groups is 1. The Morgan fingerprint density at radius 3 is 2.58 bits per heavy atom. The Balaban J connectivity index is 2.48. The Morgan fingerprint density at radius 1 is 1.21 bits per heavy atom. The molecule has 1 fully saturated rings. The van der Waals surface area contributed by atoms with Crippen LogP contribution >= 0.6 is 0 Å². The molecule has 24 heavy (non-hydrogen) atoms. The molecule has 0 aromatic rings. The highest BCUT2D eigenvalue weighted by atomic mass is 16.5. The molecule has 5 nitrogen and oxygen atoms in total. The van der Waals surface area contributed by atoms with Gasteiger partial charge in [0.25, 0.3) is 0 Å². The number of hydrogen-bond acceptors (Lipinski definition) is 5. The van der Waals surface area contributed by atoms with Crippen LogP contribution in [0.2, 0.25) is 0 Å². The molecule has 1 aliphatic rings. The molecule has 3 unspecified atom stereocenters. The number of ether oxygens (including phenoxy) is 1. The maximum atomic E-state index is 12.1. The number of allylic oxidation sites excluding steroid dienone is 1. The van der Waals surface area contributed by atoms with Crippen molar-refractivity contribution in [2.75, 3.05) is 7.11 Å². The van der Waals surface area contributed by atoms with Crippen LogP contribution in [0.5, 0.6) is 0 Å². The molecule has 1 rings (SSSR count). The molecule has 0 aromatic carbocycles. The molecule has 0 saturated heterocycles. The largest absolute Gasteiger partial charge is 0.469 e. The Morgan fingerprint density at radius 2 is 1.92 bits per heavy atom. The number of esters is 1. The molecule has 1 N–H and O–H groups in total. The van der Waals surface area contributed by atoms with E-state index in [9.17, 15) is 19.5 Å². The first-order chi connectivity index (χ1) is 11.5. The molecule has 1 aliphatic carbocycles. The van der Waals surface area contributed by atoms with E-state index in [0.29, 0.717) is 25.7 Å². The third-order valence-electron chi connectivity index (χ3n) is 4.64. The van der Waals surface area contributed by atoms with Crippen molar-refractivity contribution in [3.05, 3.63) is 12.2 Å². The lowest BCUT2D eigenvalue weighted by molar-refractivity contribution is -0.140. The van der Waals surface area contributed by atoms with E-state index in [-0.39, 0.29) is 35.8 Å². The second kappa shape index (κ2) is 11.1. The van der Waals surface area contributed by atoms with Crippen molar-refractivity contribution < 1.29 is 24.2 Å². The molecule has 0 aliphatic heterocycles. The Kier molecular flexibility index (Phi) is 9.53. The molecule has 0 spiro atoms. The average Bonchev–Trinajstić information content (AvgIpc) is 2.82. The number of rotatable bonds is 11. The van der Waals surface area contributed by atoms with Crippen molar-refractivity contribution in [1.29, 1.82) is 0 Å². The van der Waals surface area contributed by atoms with E-state index in [1.54, 1.807) is 6.08 Å². The van der Waals surface area contributed by atoms with Crippen molar-refractivity contribution in [3.63, 3.8) is 0 Å². The fraction of sp³-hybridized carbons (Fsp3) is 0.737. The van der Waals surface area contributed by atoms with Gasteiger partial charge < -0.3 is 9.84 Å². The Hall–Kier alpha value is -1.49. The second-order valence-corrected chi connectivity index (χ2v) is 6.53. The van der Waals surface area contributed by atoms with Gasteiger partial charge in [0.1, 0.15) is 5.78 Å². The topological polar surface area (TPSA) is 80.7 Å². The van der Waals surface area contributed by atoms with E-state index in [0.717, 1.165) is 25.7 Å². The average molecular weight is 338 g/mol. The van der Waals surface area contributed by atoms with Gasteiger partial charge >= 0.3 is 5.97 Å². The van der Waals surface area contributed by atoms with Gasteiger partial charge in [-0.3, -0.25) is 14.4 Å². The molecule has 0 heterocycles. The molecule has 1 saturated carbocycles. The van der Waals surface area contributed by atoms with Gasteiger partial charge in [-0.2, -0.15) is 0 Å². The number of hydrogen-bond donors (Lipinski definition) is 1. The minimum Gasteiger partial charge on any atom is -0.469 e. The van der Waals surface area contributed by atoms with Gasteiger partial charge in [0, 0.05) is 31.1 Å². The molecular weight excluding hydrogens is 308 g/mol. The monoisotopic (exact) mass is 338 g/mol. The molecule has 0 aromatic heterocycles. The molecule has 5 heteroatoms. The van der Waals surface area contributed by atoms with Crippen molar-refractivity contribution in [1.82, 2.24) is 0 Å². The molecule has 0 radical (unpaired) electrons. The van der Waals surface area contributed by atoms with Crippen LogP contribution in [0.4, 0.5) is 0 Å². The number of methoxy groups -OCH3 is 1. The summed E-state index contributed by atoms with van der Waals surface area (Å²) in [5.41, 5.74) is 0. The molecular formula is C19H30O5. The summed E-state index contributed by atoms with van der Waals surface area (Å²) in [6.45, 7) is 2.09. The first-order valence-corrected chi connectivity index (χ1v) is 8.98. The van der Waals surface area contributed by atoms with Crippen LogP contribution in [0, 0.1) is 11.8 Å². The number of carbonyl (C=O) groups excluding carboxylic acids is 3. The first kappa shape index (κ1) is 20.6. The van der Waals surface area contributed by atoms with Gasteiger partial charge in [-0.05, 0) is 25.3 Å². The fourth-order valence-corrected chi connectivity index (χ4v) is 3.18. The van der Waals surface area contributed by atoms with E-state index in [1.165, 1.54) is 13.2 Å². The standard InChI is InChI=1S/C19H30O5/c1-3-4-5-8-14(20)11-12-16-15(17(21)13-18(16)22)9-6-7-10-19(23)24-2/h11-12,15-16,18,22H,3-10,13H2,1-2H3. The zero-order valence-corrected chi connectivity index (χ0v) is 14.8. The number of Topliss-reactive ketones (excluding diaryl/α,β-unsaturated/α-hetero) is 1. The number of ketones is 2. The van der Waals surface area contributed by atoms with Crippen LogP contribution in [-0.4, -0.2) is 35.9 Å². The highest BCUT2D eigenvalue weighted by molar-refractivity contribution is 5.90. The van der Waals surface area contributed by atoms with Crippen LogP contribution in [0.15, 0.2) is 12.2 Å². The van der Waals surface area contributed by atoms with Gasteiger partial charge in [-0.15, -0.1) is 0 Å². The van der Waals surface area contributed by atoms with E-state index < -0.39 is 6.10 Å². The summed E-state index contributed by atoms with van der Waals surface area (Å²) in [4.78, 5) is 35.0. The van der Waals surface area contributed by atoms with Gasteiger partial charge in [-0.1, -0.05) is 32.3 Å². The Bertz CT molecular complexity index is 455. The SMILES string of the molecule is CCCCCC(=O)C=CC1C(O)CC(=O)C1CCCCC(=O)OC. The zero-order chi connectivity index (χ0) is 17.9. The van der Waals surface area contributed by atoms with Crippen LogP contribution in [0.25, 0.3) is 0 Å². The quantitative estimate of drug-likeness (QED) is 0.356. The highest BCUT2D eigenvalue weighted by Gasteiger charge is 2.39. The zero-order valence-electron chi connectivity index (χ0n) is 14.8. The Labute approximate surface area is 144 Å². The fourth-order valence-electron chi connectivity index (χ4n) is 3.18. The lowest BCUT2D eigenvalue weighted by Gasteiger charge is -2.17. The third kappa shape index (κ3) is 6.95. The summed E-state index contributed by atoms with van der Waals surface area (Å²) in [5.74, 6) is -0.682. The van der Waals surface area contributed by atoms with Crippen LogP contribution in [0.3, 0.4) is 0 Å². The van der Waals surface area contributed by atoms with Crippen LogP contribution in [-0.2, 0) is 19.1 Å². The van der Waals surface area contributed by atoms with Crippen molar-refractivity contribution in [2.24, 2.45) is 11.8 Å². The lowest BCUT2D eigenvalue weighted by Crippen LogP contribution is -2.19. The number of aliphatic hydroxyl groups excluding tert-OH is 1. The highest BCUT2D eigenvalue weighted by Crippen LogP contribution is 2.34. The van der Waals surface area contributed by atoms with E-state index in [1.807, 2.05) is 0 Å². The van der Waals surface area contributed by atoms with Crippen molar-refractivity contribution in [2.45, 2.75) is 70.8 Å². The molecule has 0 bridgehead atoms. The van der Waals surface area contributed by atoms with Gasteiger partial charge in [0.15, 0.2) is 5.78 Å². The van der Waals surface area contributed by atoms with Gasteiger partial charge in [-0.25, -0.2) is 0 Å². The number of carbonyl (C=O) groups is 3. The second-order valence-electron chi connectivity index (χ2n) is 6.53. The first-order valence-electron chi connectivity index (χ1n) is 8.98. The summed E-state index contributed by atoms with van der Waals surface area (Å²) in [6, 6.07) is 0. The van der Waals surface area contributed by atoms with Gasteiger partial charge in [0.05, 0.1) is 13.2 Å². The summed E-state index contributed by atoms with van der Waals surface area (Å²) >= 11 is 0. The minimum absolute atomic E-state index is 0.0497. The van der Waals surface area contributed by atoms with Crippen molar-refractivity contribution >= 4 is 17.5 Å². The van der Waals surface area contributed by atoms with Crippen LogP contribution < -0.4 is 0 Å². The smallest absolute Gasteiger partial charge is 0.305 e. The predicted molar refractivity (Wildman–Crippen MR) is 91.4 cm³/mol. The van der Waals surface area contributed by atoms with Crippen molar-refractivity contribution in [3.8, 4) is 0 Å². The normalized spacial score (nSPS) is 23.8. The van der Waals surface area contributed by atoms with Gasteiger partial charge in [0.2, 0.25) is 0 Å². The molecule has 0 amide bonds. The summed E-state index contributed by atoms with van der Waals surface area (Å²) in [6.07, 6.45) is 8.57. The summed E-state index contributed by atoms with van der Waals surface area (Å²) in [5, 5.41) is 10.1. The number of unbranched alkanes of at least 4 members (excludes halogenated alkanes) is 3. The molecule has 136 valence electrons. The summed E-state index contributed by atoms with van der Waals surface area (Å²) in [7, 11) is 1.36. The van der Waals surface area contributed by atoms with Crippen LogP contribution in [0.1, 0.15) is 64.7 Å². The predicted octanol–water partition coefficient (Wildman–Crippen LogP) is 2.99. The van der Waals surface area contributed by atoms with E-state index >= 15 is 0 Å².